The standard InChI is InChI=1S/C21H27NO4/c1-5-17(26-20-13-9-8-12-19(20)24-4)21(23)22-16(3)14-25-18-11-7-6-10-15(18)2/h6-13,16-17H,5,14H2,1-4H3,(H,22,23)/t16-,17-/m1/s1. The number of carbonyl (C=O) groups excluding carboxylic acids is 1. The van der Waals surface area contributed by atoms with E-state index in [9.17, 15) is 4.79 Å². The van der Waals surface area contributed by atoms with Gasteiger partial charge in [0.15, 0.2) is 17.6 Å². The molecule has 0 fully saturated rings. The molecule has 2 aromatic carbocycles. The third-order valence-corrected chi connectivity index (χ3v) is 3.97. The molecule has 5 nitrogen and oxygen atoms in total. The van der Waals surface area contributed by atoms with Crippen LogP contribution >= 0.6 is 0 Å². The molecule has 0 saturated heterocycles. The summed E-state index contributed by atoms with van der Waals surface area (Å²) in [6.07, 6.45) is -0.0397. The second-order valence-electron chi connectivity index (χ2n) is 6.15. The monoisotopic (exact) mass is 357 g/mol. The van der Waals surface area contributed by atoms with Crippen LogP contribution in [0.2, 0.25) is 0 Å². The third-order valence-electron chi connectivity index (χ3n) is 3.97. The van der Waals surface area contributed by atoms with Crippen LogP contribution in [0.3, 0.4) is 0 Å². The van der Waals surface area contributed by atoms with Crippen molar-refractivity contribution in [3.05, 3.63) is 54.1 Å². The van der Waals surface area contributed by atoms with Crippen LogP contribution in [0.1, 0.15) is 25.8 Å². The maximum atomic E-state index is 12.5. The van der Waals surface area contributed by atoms with Gasteiger partial charge < -0.3 is 19.5 Å². The van der Waals surface area contributed by atoms with Crippen molar-refractivity contribution in [2.45, 2.75) is 39.3 Å². The van der Waals surface area contributed by atoms with Crippen LogP contribution < -0.4 is 19.5 Å². The average Bonchev–Trinajstić information content (AvgIpc) is 2.65. The number of benzene rings is 2. The van der Waals surface area contributed by atoms with Crippen molar-refractivity contribution >= 4 is 5.91 Å². The van der Waals surface area contributed by atoms with Crippen molar-refractivity contribution in [2.24, 2.45) is 0 Å². The van der Waals surface area contributed by atoms with Crippen molar-refractivity contribution in [1.82, 2.24) is 5.32 Å². The summed E-state index contributed by atoms with van der Waals surface area (Å²) in [6.45, 7) is 6.20. The maximum Gasteiger partial charge on any atom is 0.261 e. The second-order valence-corrected chi connectivity index (χ2v) is 6.15. The zero-order chi connectivity index (χ0) is 18.9. The number of amides is 1. The number of carbonyl (C=O) groups is 1. The molecule has 0 heterocycles. The lowest BCUT2D eigenvalue weighted by Crippen LogP contribution is -2.44. The number of nitrogens with one attached hydrogen (secondary N) is 1. The minimum absolute atomic E-state index is 0.141. The molecular weight excluding hydrogens is 330 g/mol. The minimum Gasteiger partial charge on any atom is -0.493 e. The van der Waals surface area contributed by atoms with Crippen molar-refractivity contribution in [3.63, 3.8) is 0 Å². The summed E-state index contributed by atoms with van der Waals surface area (Å²) < 4.78 is 16.9. The Morgan fingerprint density at radius 2 is 1.65 bits per heavy atom. The Morgan fingerprint density at radius 1 is 1.04 bits per heavy atom. The molecule has 0 radical (unpaired) electrons. The molecule has 0 spiro atoms. The van der Waals surface area contributed by atoms with E-state index in [1.54, 1.807) is 19.2 Å². The molecule has 5 heteroatoms. The van der Waals surface area contributed by atoms with Crippen molar-refractivity contribution in [2.75, 3.05) is 13.7 Å². The normalized spacial score (nSPS) is 12.8. The molecule has 2 aromatic rings. The summed E-state index contributed by atoms with van der Waals surface area (Å²) >= 11 is 0. The van der Waals surface area contributed by atoms with Crippen LogP contribution in [0.4, 0.5) is 0 Å². The Labute approximate surface area is 155 Å². The Bertz CT molecular complexity index is 717. The molecule has 2 atom stereocenters. The van der Waals surface area contributed by atoms with Crippen LogP contribution in [0.5, 0.6) is 17.2 Å². The quantitative estimate of drug-likeness (QED) is 0.743. The Hall–Kier alpha value is -2.69. The highest BCUT2D eigenvalue weighted by Crippen LogP contribution is 2.27. The summed E-state index contributed by atoms with van der Waals surface area (Å²) in [7, 11) is 1.58. The number of hydrogen-bond acceptors (Lipinski definition) is 4. The fourth-order valence-electron chi connectivity index (χ4n) is 2.50. The fraction of sp³-hybridized carbons (Fsp3) is 0.381. The van der Waals surface area contributed by atoms with Crippen LogP contribution in [0.15, 0.2) is 48.5 Å². The lowest BCUT2D eigenvalue weighted by atomic mass is 10.2. The predicted molar refractivity (Wildman–Crippen MR) is 102 cm³/mol. The Balaban J connectivity index is 1.90. The topological polar surface area (TPSA) is 56.8 Å². The number of hydrogen-bond donors (Lipinski definition) is 1. The molecule has 140 valence electrons. The summed E-state index contributed by atoms with van der Waals surface area (Å²) in [6, 6.07) is 15.0. The highest BCUT2D eigenvalue weighted by atomic mass is 16.5. The Morgan fingerprint density at radius 3 is 2.27 bits per heavy atom. The van der Waals surface area contributed by atoms with E-state index < -0.39 is 6.10 Å². The summed E-state index contributed by atoms with van der Waals surface area (Å²) in [5.41, 5.74) is 1.07. The van der Waals surface area contributed by atoms with Gasteiger partial charge in [0, 0.05) is 0 Å². The van der Waals surface area contributed by atoms with Gasteiger partial charge >= 0.3 is 0 Å². The first-order chi connectivity index (χ1) is 12.5. The zero-order valence-corrected chi connectivity index (χ0v) is 15.8. The first kappa shape index (κ1) is 19.6. The molecule has 0 bridgehead atoms. The maximum absolute atomic E-state index is 12.5. The molecule has 26 heavy (non-hydrogen) atoms. The smallest absolute Gasteiger partial charge is 0.261 e. The molecule has 1 N–H and O–H groups in total. The van der Waals surface area contributed by atoms with Gasteiger partial charge in [0.05, 0.1) is 13.2 Å². The summed E-state index contributed by atoms with van der Waals surface area (Å²) in [5.74, 6) is 1.82. The van der Waals surface area contributed by atoms with E-state index in [1.807, 2.05) is 57.2 Å². The molecule has 1 amide bonds. The van der Waals surface area contributed by atoms with Crippen molar-refractivity contribution in [1.29, 1.82) is 0 Å². The number of aryl methyl sites for hydroxylation is 1. The van der Waals surface area contributed by atoms with E-state index in [1.165, 1.54) is 0 Å². The van der Waals surface area contributed by atoms with E-state index >= 15 is 0 Å². The summed E-state index contributed by atoms with van der Waals surface area (Å²) in [5, 5.41) is 2.95. The van der Waals surface area contributed by atoms with Gasteiger partial charge in [-0.3, -0.25) is 4.79 Å². The number of methoxy groups -OCH3 is 1. The van der Waals surface area contributed by atoms with Crippen LogP contribution in [-0.4, -0.2) is 31.8 Å². The van der Waals surface area contributed by atoms with Gasteiger partial charge in [-0.2, -0.15) is 0 Å². The van der Waals surface area contributed by atoms with E-state index in [2.05, 4.69) is 5.32 Å². The van der Waals surface area contributed by atoms with E-state index in [0.717, 1.165) is 11.3 Å². The van der Waals surface area contributed by atoms with E-state index in [4.69, 9.17) is 14.2 Å². The van der Waals surface area contributed by atoms with E-state index in [-0.39, 0.29) is 11.9 Å². The first-order valence-corrected chi connectivity index (χ1v) is 8.83. The molecule has 2 rings (SSSR count). The molecule has 0 aliphatic heterocycles. The fourth-order valence-corrected chi connectivity index (χ4v) is 2.50. The molecule has 0 unspecified atom stereocenters. The SMILES string of the molecule is CC[C@@H](Oc1ccccc1OC)C(=O)N[C@H](C)COc1ccccc1C. The van der Waals surface area contributed by atoms with Crippen molar-refractivity contribution < 1.29 is 19.0 Å². The second kappa shape index (κ2) is 9.70. The highest BCUT2D eigenvalue weighted by Gasteiger charge is 2.21. The van der Waals surface area contributed by atoms with Gasteiger partial charge in [-0.15, -0.1) is 0 Å². The number of rotatable bonds is 9. The average molecular weight is 357 g/mol. The predicted octanol–water partition coefficient (Wildman–Crippen LogP) is 3.74. The highest BCUT2D eigenvalue weighted by molar-refractivity contribution is 5.81. The Kier molecular flexibility index (Phi) is 7.33. The lowest BCUT2D eigenvalue weighted by molar-refractivity contribution is -0.129. The molecule has 0 saturated carbocycles. The van der Waals surface area contributed by atoms with Gasteiger partial charge in [0.25, 0.3) is 5.91 Å². The first-order valence-electron chi connectivity index (χ1n) is 8.83. The van der Waals surface area contributed by atoms with Crippen LogP contribution in [0.25, 0.3) is 0 Å². The van der Waals surface area contributed by atoms with Gasteiger partial charge in [0.1, 0.15) is 12.4 Å². The summed E-state index contributed by atoms with van der Waals surface area (Å²) in [4.78, 5) is 12.5. The largest absolute Gasteiger partial charge is 0.493 e. The van der Waals surface area contributed by atoms with Gasteiger partial charge in [-0.25, -0.2) is 0 Å². The number of ether oxygens (including phenoxy) is 3. The van der Waals surface area contributed by atoms with Gasteiger partial charge in [0.2, 0.25) is 0 Å². The number of para-hydroxylation sites is 3. The molecule has 0 aromatic heterocycles. The zero-order valence-electron chi connectivity index (χ0n) is 15.8. The van der Waals surface area contributed by atoms with Gasteiger partial charge in [-0.05, 0) is 44.0 Å². The third kappa shape index (κ3) is 5.41. The van der Waals surface area contributed by atoms with E-state index in [0.29, 0.717) is 24.5 Å². The molecular formula is C21H27NO4. The lowest BCUT2D eigenvalue weighted by Gasteiger charge is -2.21. The van der Waals surface area contributed by atoms with Gasteiger partial charge in [-0.1, -0.05) is 37.3 Å². The minimum atomic E-state index is -0.591. The molecule has 0 aliphatic carbocycles. The molecule has 0 aliphatic rings. The van der Waals surface area contributed by atoms with Crippen molar-refractivity contribution in [3.8, 4) is 17.2 Å². The van der Waals surface area contributed by atoms with Crippen LogP contribution in [-0.2, 0) is 4.79 Å². The van der Waals surface area contributed by atoms with Crippen LogP contribution in [0, 0.1) is 6.92 Å².